The molecule has 7 aromatic carbocycles. The molecule has 3 aliphatic rings. The van der Waals surface area contributed by atoms with Crippen molar-refractivity contribution < 1.29 is 0 Å². The second-order valence-electron chi connectivity index (χ2n) is 16.8. The lowest BCUT2D eigenvalue weighted by atomic mass is 9.64. The second-order valence-corrected chi connectivity index (χ2v) is 16.8. The van der Waals surface area contributed by atoms with Gasteiger partial charge in [0, 0.05) is 30.2 Å². The Hall–Kier alpha value is -7.68. The number of likely N-dealkylation sites (N-methyl/N-ethyl adjacent to an activating group) is 1. The highest BCUT2D eigenvalue weighted by Gasteiger charge is 2.51. The molecule has 1 N–H and O–H groups in total. The predicted octanol–water partition coefficient (Wildman–Crippen LogP) is 15.4. The lowest BCUT2D eigenvalue weighted by molar-refractivity contribution is 0.612. The monoisotopic (exact) mass is 824 g/mol. The van der Waals surface area contributed by atoms with Crippen molar-refractivity contribution in [3.05, 3.63) is 287 Å². The number of nitrogens with one attached hydrogen (secondary N) is 1. The lowest BCUT2D eigenvalue weighted by Gasteiger charge is -2.43. The van der Waals surface area contributed by atoms with Gasteiger partial charge in [-0.15, -0.1) is 0 Å². The van der Waals surface area contributed by atoms with Gasteiger partial charge in [0.25, 0.3) is 0 Å². The van der Waals surface area contributed by atoms with E-state index in [9.17, 15) is 0 Å². The summed E-state index contributed by atoms with van der Waals surface area (Å²) < 4.78 is 0. The van der Waals surface area contributed by atoms with Crippen molar-refractivity contribution in [2.75, 3.05) is 17.3 Å². The van der Waals surface area contributed by atoms with Gasteiger partial charge in [-0.05, 0) is 116 Å². The Bertz CT molecular complexity index is 2960. The molecule has 0 bridgehead atoms. The molecule has 1 atom stereocenters. The number of hydrogen-bond donors (Lipinski definition) is 1. The Balaban J connectivity index is 0.937. The van der Waals surface area contributed by atoms with Crippen molar-refractivity contribution in [1.82, 2.24) is 0 Å². The van der Waals surface area contributed by atoms with Crippen LogP contribution in [0.3, 0.4) is 0 Å². The van der Waals surface area contributed by atoms with Gasteiger partial charge in [0.05, 0.1) is 11.5 Å². The lowest BCUT2D eigenvalue weighted by Crippen LogP contribution is -2.43. The Morgan fingerprint density at radius 1 is 0.547 bits per heavy atom. The molecule has 10 rings (SSSR count). The summed E-state index contributed by atoms with van der Waals surface area (Å²) in [7, 11) is 2.32. The number of fused-ring (bicyclic) bond motifs is 2. The predicted molar refractivity (Wildman–Crippen MR) is 273 cm³/mol. The van der Waals surface area contributed by atoms with Crippen LogP contribution in [0.25, 0.3) is 33.9 Å². The van der Waals surface area contributed by atoms with E-state index in [0.717, 1.165) is 24.9 Å². The van der Waals surface area contributed by atoms with Crippen LogP contribution in [0, 0.1) is 0 Å². The van der Waals surface area contributed by atoms with E-state index in [1.54, 1.807) is 0 Å². The average molecular weight is 825 g/mol. The van der Waals surface area contributed by atoms with Gasteiger partial charge in [0.15, 0.2) is 0 Å². The van der Waals surface area contributed by atoms with Crippen LogP contribution in [0.2, 0.25) is 0 Å². The Morgan fingerprint density at radius 3 is 1.86 bits per heavy atom. The van der Waals surface area contributed by atoms with Crippen molar-refractivity contribution >= 4 is 34.2 Å². The van der Waals surface area contributed by atoms with Crippen LogP contribution in [0.15, 0.2) is 248 Å². The fourth-order valence-corrected chi connectivity index (χ4v) is 10.3. The number of allylic oxidation sites excluding steroid dienone is 10. The van der Waals surface area contributed by atoms with E-state index >= 15 is 0 Å². The third-order valence-corrected chi connectivity index (χ3v) is 13.2. The summed E-state index contributed by atoms with van der Waals surface area (Å²) in [6.07, 6.45) is 24.7. The molecule has 0 fully saturated rings. The molecule has 0 saturated heterocycles. The summed E-state index contributed by atoms with van der Waals surface area (Å²) in [4.78, 5) is 2.58. The first kappa shape index (κ1) is 40.4. The minimum atomic E-state index is -0.423. The van der Waals surface area contributed by atoms with E-state index in [1.165, 1.54) is 78.1 Å². The van der Waals surface area contributed by atoms with Crippen molar-refractivity contribution in [3.8, 4) is 11.1 Å². The van der Waals surface area contributed by atoms with E-state index in [2.05, 4.69) is 230 Å². The first-order valence-corrected chi connectivity index (χ1v) is 22.6. The normalized spacial score (nSPS) is 16.5. The molecule has 0 radical (unpaired) electrons. The summed E-state index contributed by atoms with van der Waals surface area (Å²) in [6.45, 7) is 0. The Morgan fingerprint density at radius 2 is 1.14 bits per heavy atom. The molecule has 0 saturated carbocycles. The minimum absolute atomic E-state index is 0.136. The van der Waals surface area contributed by atoms with Gasteiger partial charge in [-0.1, -0.05) is 212 Å². The molecular weight excluding hydrogens is 773 g/mol. The number of rotatable bonds is 12. The summed E-state index contributed by atoms with van der Waals surface area (Å²) in [5, 5.41) is 3.29. The molecule has 310 valence electrons. The number of nitrogens with zero attached hydrogens (tertiary/aromatic N) is 1. The van der Waals surface area contributed by atoms with Crippen LogP contribution < -0.4 is 10.2 Å². The molecule has 64 heavy (non-hydrogen) atoms. The molecule has 0 aromatic heterocycles. The van der Waals surface area contributed by atoms with Crippen molar-refractivity contribution in [3.63, 3.8) is 0 Å². The zero-order chi connectivity index (χ0) is 43.1. The average Bonchev–Trinajstić information content (AvgIpc) is 3.68. The van der Waals surface area contributed by atoms with Crippen LogP contribution in [0.1, 0.15) is 58.2 Å². The van der Waals surface area contributed by atoms with Gasteiger partial charge in [-0.2, -0.15) is 0 Å². The highest BCUT2D eigenvalue weighted by atomic mass is 15.1. The van der Waals surface area contributed by atoms with E-state index in [-0.39, 0.29) is 6.04 Å². The van der Waals surface area contributed by atoms with Crippen molar-refractivity contribution in [1.29, 1.82) is 0 Å². The number of anilines is 2. The molecular formula is C62H52N2. The quantitative estimate of drug-likeness (QED) is 0.124. The third-order valence-electron chi connectivity index (χ3n) is 13.2. The largest absolute Gasteiger partial charge is 0.367 e. The molecule has 1 unspecified atom stereocenters. The Kier molecular flexibility index (Phi) is 11.6. The Labute approximate surface area is 379 Å². The smallest absolute Gasteiger partial charge is 0.0696 e. The van der Waals surface area contributed by atoms with Crippen LogP contribution >= 0.6 is 0 Å². The minimum Gasteiger partial charge on any atom is -0.367 e. The molecule has 0 heterocycles. The van der Waals surface area contributed by atoms with Crippen molar-refractivity contribution in [2.45, 2.75) is 30.7 Å². The third kappa shape index (κ3) is 7.73. The number of benzene rings is 7. The van der Waals surface area contributed by atoms with Gasteiger partial charge >= 0.3 is 0 Å². The summed E-state index contributed by atoms with van der Waals surface area (Å²) in [5.74, 6) is 0. The van der Waals surface area contributed by atoms with Gasteiger partial charge in [-0.3, -0.25) is 0 Å². The summed E-state index contributed by atoms with van der Waals surface area (Å²) in [5.41, 5.74) is 19.1. The molecule has 7 aromatic rings. The maximum Gasteiger partial charge on any atom is 0.0696 e. The van der Waals surface area contributed by atoms with E-state index in [1.807, 2.05) is 36.6 Å². The standard InChI is InChI=1S/C62H52N2/c1-64(60-39-22-36-57-56-35-16-18-37-58(56)62(61(57)60,50-26-8-4-9-27-50)51-28-10-5-11-29-51)59-38-19-17-34-55(59)48-42-40-47(41-43-48)53-32-14-15-33-54(53)49-25-21-24-46(45-49)23-7-2-3-20-44-63-52-30-12-6-13-31-52/h2-38,40,42,44-45,60,63H,39,41,43H2,1H3/b3-2-,23-7-,44-20+. The molecule has 0 spiro atoms. The maximum absolute atomic E-state index is 3.29. The van der Waals surface area contributed by atoms with Gasteiger partial charge in [0.2, 0.25) is 0 Å². The molecule has 3 aliphatic carbocycles. The number of hydrogen-bond acceptors (Lipinski definition) is 2. The van der Waals surface area contributed by atoms with E-state index in [0.29, 0.717) is 0 Å². The fraction of sp³-hybridized carbons (Fsp3) is 0.0968. The summed E-state index contributed by atoms with van der Waals surface area (Å²) >= 11 is 0. The van der Waals surface area contributed by atoms with Gasteiger partial charge in [-0.25, -0.2) is 0 Å². The molecule has 0 amide bonds. The van der Waals surface area contributed by atoms with Crippen LogP contribution in [-0.4, -0.2) is 13.1 Å². The molecule has 2 heteroatoms. The van der Waals surface area contributed by atoms with Crippen LogP contribution in [0.5, 0.6) is 0 Å². The molecule has 2 nitrogen and oxygen atoms in total. The SMILES string of the molecule is CN(c1ccccc1C1=CC=C(c2ccccc2-c2cccc(\C=C/C=C\C=C\Nc3ccccc3)c2)CC1)C1CC=CC2=C1C(c1ccccc1)(c1ccccc1)c1ccccc12. The van der Waals surface area contributed by atoms with E-state index < -0.39 is 5.41 Å². The molecule has 0 aliphatic heterocycles. The van der Waals surface area contributed by atoms with Crippen LogP contribution in [-0.2, 0) is 5.41 Å². The topological polar surface area (TPSA) is 15.3 Å². The van der Waals surface area contributed by atoms with Gasteiger partial charge in [0.1, 0.15) is 0 Å². The maximum atomic E-state index is 3.29. The van der Waals surface area contributed by atoms with Crippen LogP contribution in [0.4, 0.5) is 11.4 Å². The first-order valence-electron chi connectivity index (χ1n) is 22.6. The van der Waals surface area contributed by atoms with Crippen molar-refractivity contribution in [2.24, 2.45) is 0 Å². The number of para-hydroxylation sites is 2. The van der Waals surface area contributed by atoms with Gasteiger partial charge < -0.3 is 10.2 Å². The summed E-state index contributed by atoms with van der Waals surface area (Å²) in [6, 6.07) is 68.6. The zero-order valence-electron chi connectivity index (χ0n) is 36.3. The second kappa shape index (κ2) is 18.3. The van der Waals surface area contributed by atoms with E-state index in [4.69, 9.17) is 0 Å². The fourth-order valence-electron chi connectivity index (χ4n) is 10.3. The highest BCUT2D eigenvalue weighted by Crippen LogP contribution is 2.58. The first-order chi connectivity index (χ1) is 31.7. The zero-order valence-corrected chi connectivity index (χ0v) is 36.3. The highest BCUT2D eigenvalue weighted by molar-refractivity contribution is 5.93.